The molecule has 0 unspecified atom stereocenters. The topological polar surface area (TPSA) is 60.4 Å². The molecule has 0 bridgehead atoms. The number of benzene rings is 2. The molecule has 43 heavy (non-hydrogen) atoms. The van der Waals surface area contributed by atoms with Gasteiger partial charge in [-0.3, -0.25) is 0 Å². The predicted octanol–water partition coefficient (Wildman–Crippen LogP) is 8.47. The summed E-state index contributed by atoms with van der Waals surface area (Å²) in [5.41, 5.74) is 7.70. The van der Waals surface area contributed by atoms with E-state index in [9.17, 15) is 0 Å². The standard InChI is InChI=1S/C34H41FN4O2SSi/c1-21(2)43(22(3)4,23(5)6)15-12-26-29(35)11-10-24-16-25(41-20-40-7)17-27(32(24)26)30-18-31-28(19-36-34(38-31)42-8)33(37-30)39-13-9-14-39/h10-11,16-19,21-23H,9,13-14,20H2,1-8H3. The Balaban J connectivity index is 1.84. The van der Waals surface area contributed by atoms with Gasteiger partial charge in [0, 0.05) is 37.3 Å². The largest absolute Gasteiger partial charge is 0.468 e. The van der Waals surface area contributed by atoms with Gasteiger partial charge in [0.15, 0.2) is 11.9 Å². The lowest BCUT2D eigenvalue weighted by atomic mass is 9.96. The molecule has 0 aliphatic carbocycles. The van der Waals surface area contributed by atoms with Crippen LogP contribution in [0.2, 0.25) is 16.6 Å². The van der Waals surface area contributed by atoms with Crippen LogP contribution in [0.4, 0.5) is 10.2 Å². The molecule has 1 fully saturated rings. The van der Waals surface area contributed by atoms with Gasteiger partial charge in [-0.1, -0.05) is 65.3 Å². The van der Waals surface area contributed by atoms with Crippen LogP contribution < -0.4 is 9.64 Å². The molecule has 4 aromatic rings. The van der Waals surface area contributed by atoms with Crippen molar-refractivity contribution >= 4 is 47.3 Å². The van der Waals surface area contributed by atoms with Crippen LogP contribution in [0.25, 0.3) is 32.9 Å². The van der Waals surface area contributed by atoms with Gasteiger partial charge in [0.2, 0.25) is 0 Å². The third-order valence-electron chi connectivity index (χ3n) is 8.80. The minimum absolute atomic E-state index is 0.0958. The number of hydrogen-bond acceptors (Lipinski definition) is 7. The van der Waals surface area contributed by atoms with Gasteiger partial charge in [0.05, 0.1) is 22.2 Å². The zero-order chi connectivity index (χ0) is 30.9. The fourth-order valence-electron chi connectivity index (χ4n) is 6.55. The number of ether oxygens (including phenoxy) is 2. The molecule has 5 rings (SSSR count). The number of anilines is 1. The molecule has 2 aromatic heterocycles. The summed E-state index contributed by atoms with van der Waals surface area (Å²) in [4.78, 5) is 16.8. The Hall–Kier alpha value is -3.19. The lowest BCUT2D eigenvalue weighted by molar-refractivity contribution is 0.0512. The van der Waals surface area contributed by atoms with E-state index in [2.05, 4.69) is 62.9 Å². The highest BCUT2D eigenvalue weighted by Gasteiger charge is 2.41. The summed E-state index contributed by atoms with van der Waals surface area (Å²) in [5, 5.41) is 3.17. The van der Waals surface area contributed by atoms with Crippen molar-refractivity contribution in [3.8, 4) is 28.5 Å². The Morgan fingerprint density at radius 1 is 1.02 bits per heavy atom. The molecule has 0 atom stereocenters. The van der Waals surface area contributed by atoms with E-state index in [1.165, 1.54) is 17.8 Å². The van der Waals surface area contributed by atoms with Gasteiger partial charge < -0.3 is 14.4 Å². The first-order valence-corrected chi connectivity index (χ1v) is 18.4. The fraction of sp³-hybridized carbons (Fsp3) is 0.441. The van der Waals surface area contributed by atoms with Crippen molar-refractivity contribution in [3.63, 3.8) is 0 Å². The van der Waals surface area contributed by atoms with Crippen LogP contribution in [-0.2, 0) is 4.74 Å². The maximum absolute atomic E-state index is 15.9. The number of aromatic nitrogens is 3. The number of pyridine rings is 1. The molecule has 0 amide bonds. The van der Waals surface area contributed by atoms with Crippen LogP contribution in [0.15, 0.2) is 41.7 Å². The zero-order valence-corrected chi connectivity index (χ0v) is 28.2. The van der Waals surface area contributed by atoms with E-state index >= 15 is 4.39 Å². The molecule has 1 saturated heterocycles. The quantitative estimate of drug-likeness (QED) is 0.0615. The number of rotatable bonds is 9. The number of halogens is 1. The molecule has 6 nitrogen and oxygen atoms in total. The molecule has 1 aliphatic rings. The number of hydrogen-bond donors (Lipinski definition) is 0. The molecule has 226 valence electrons. The van der Waals surface area contributed by atoms with Crippen molar-refractivity contribution in [2.45, 2.75) is 69.7 Å². The summed E-state index contributed by atoms with van der Waals surface area (Å²) in [6, 6.07) is 9.13. The van der Waals surface area contributed by atoms with E-state index in [4.69, 9.17) is 19.4 Å². The number of methoxy groups -OCH3 is 1. The van der Waals surface area contributed by atoms with Crippen molar-refractivity contribution in [1.29, 1.82) is 0 Å². The van der Waals surface area contributed by atoms with E-state index < -0.39 is 8.07 Å². The second kappa shape index (κ2) is 12.8. The van der Waals surface area contributed by atoms with Crippen molar-refractivity contribution in [1.82, 2.24) is 15.0 Å². The van der Waals surface area contributed by atoms with Gasteiger partial charge in [-0.2, -0.15) is 0 Å². The fourth-order valence-corrected chi connectivity index (χ4v) is 12.1. The van der Waals surface area contributed by atoms with E-state index in [-0.39, 0.29) is 12.6 Å². The first-order chi connectivity index (χ1) is 20.6. The molecular formula is C34H41FN4O2SSi. The summed E-state index contributed by atoms with van der Waals surface area (Å²) < 4.78 is 27.1. The van der Waals surface area contributed by atoms with Gasteiger partial charge in [-0.25, -0.2) is 19.3 Å². The van der Waals surface area contributed by atoms with Crippen LogP contribution in [0, 0.1) is 17.3 Å². The highest BCUT2D eigenvalue weighted by atomic mass is 32.2. The summed E-state index contributed by atoms with van der Waals surface area (Å²) in [6.07, 6.45) is 4.93. The van der Waals surface area contributed by atoms with Crippen LogP contribution in [-0.4, -0.2) is 56.3 Å². The third kappa shape index (κ3) is 5.85. The predicted molar refractivity (Wildman–Crippen MR) is 179 cm³/mol. The zero-order valence-electron chi connectivity index (χ0n) is 26.4. The van der Waals surface area contributed by atoms with Crippen LogP contribution in [0.5, 0.6) is 5.75 Å². The third-order valence-corrected chi connectivity index (χ3v) is 15.7. The lowest BCUT2D eigenvalue weighted by Gasteiger charge is -2.38. The smallest absolute Gasteiger partial charge is 0.188 e. The highest BCUT2D eigenvalue weighted by Crippen LogP contribution is 2.42. The van der Waals surface area contributed by atoms with E-state index in [1.54, 1.807) is 13.2 Å². The van der Waals surface area contributed by atoms with E-state index in [0.29, 0.717) is 38.8 Å². The van der Waals surface area contributed by atoms with Crippen LogP contribution >= 0.6 is 11.8 Å². The van der Waals surface area contributed by atoms with Gasteiger partial charge in [-0.15, -0.1) is 5.54 Å². The first-order valence-electron chi connectivity index (χ1n) is 15.0. The maximum atomic E-state index is 15.9. The molecule has 0 saturated carbocycles. The molecule has 0 radical (unpaired) electrons. The average molecular weight is 617 g/mol. The number of thioether (sulfide) groups is 1. The highest BCUT2D eigenvalue weighted by molar-refractivity contribution is 7.98. The van der Waals surface area contributed by atoms with Gasteiger partial charge in [0.1, 0.15) is 25.5 Å². The van der Waals surface area contributed by atoms with E-state index in [0.717, 1.165) is 52.6 Å². The Morgan fingerprint density at radius 2 is 1.74 bits per heavy atom. The molecular weight excluding hydrogens is 576 g/mol. The molecule has 1 aliphatic heterocycles. The van der Waals surface area contributed by atoms with Gasteiger partial charge in [0.25, 0.3) is 0 Å². The maximum Gasteiger partial charge on any atom is 0.188 e. The summed E-state index contributed by atoms with van der Waals surface area (Å²) in [7, 11) is -0.535. The van der Waals surface area contributed by atoms with Crippen molar-refractivity contribution in [3.05, 3.63) is 47.9 Å². The average Bonchev–Trinajstić information content (AvgIpc) is 2.95. The van der Waals surface area contributed by atoms with Crippen molar-refractivity contribution in [2.24, 2.45) is 0 Å². The Morgan fingerprint density at radius 3 is 2.35 bits per heavy atom. The second-order valence-electron chi connectivity index (χ2n) is 12.2. The SMILES string of the molecule is COCOc1cc(-c2cc3nc(SC)ncc3c(N3CCC3)n2)c2c(C#C[Si](C(C)C)(C(C)C)C(C)C)c(F)ccc2c1. The van der Waals surface area contributed by atoms with E-state index in [1.807, 2.05) is 30.7 Å². The van der Waals surface area contributed by atoms with Crippen LogP contribution in [0.1, 0.15) is 53.5 Å². The Labute approximate surface area is 259 Å². The Kier molecular flexibility index (Phi) is 9.31. The van der Waals surface area contributed by atoms with Crippen molar-refractivity contribution in [2.75, 3.05) is 38.1 Å². The lowest BCUT2D eigenvalue weighted by Crippen LogP contribution is -2.43. The normalized spacial score (nSPS) is 13.6. The first kappa shape index (κ1) is 31.2. The second-order valence-corrected chi connectivity index (χ2v) is 18.5. The minimum atomic E-state index is -2.12. The number of nitrogens with zero attached hydrogens (tertiary/aromatic N) is 4. The van der Waals surface area contributed by atoms with Gasteiger partial charge in [-0.05, 0) is 59.0 Å². The number of fused-ring (bicyclic) bond motifs is 2. The molecule has 3 heterocycles. The minimum Gasteiger partial charge on any atom is -0.468 e. The van der Waals surface area contributed by atoms with Crippen molar-refractivity contribution < 1.29 is 13.9 Å². The molecule has 0 spiro atoms. The summed E-state index contributed by atoms with van der Waals surface area (Å²) >= 11 is 1.50. The monoisotopic (exact) mass is 616 g/mol. The summed E-state index contributed by atoms with van der Waals surface area (Å²) in [5.74, 6) is 4.56. The molecule has 2 aromatic carbocycles. The molecule has 9 heteroatoms. The Bertz CT molecular complexity index is 1690. The van der Waals surface area contributed by atoms with Crippen LogP contribution in [0.3, 0.4) is 0 Å². The summed E-state index contributed by atoms with van der Waals surface area (Å²) in [6.45, 7) is 15.6. The molecule has 0 N–H and O–H groups in total. The van der Waals surface area contributed by atoms with Gasteiger partial charge >= 0.3 is 0 Å².